The van der Waals surface area contributed by atoms with Gasteiger partial charge >= 0.3 is 0 Å². The highest BCUT2D eigenvalue weighted by Crippen LogP contribution is 2.29. The van der Waals surface area contributed by atoms with Crippen LogP contribution >= 0.6 is 0 Å². The summed E-state index contributed by atoms with van der Waals surface area (Å²) in [6.07, 6.45) is 0.194. The monoisotopic (exact) mass is 282 g/mol. The first-order valence-corrected chi connectivity index (χ1v) is 7.16. The molecule has 4 nitrogen and oxygen atoms in total. The minimum Gasteiger partial charge on any atom is -0.489 e. The van der Waals surface area contributed by atoms with Gasteiger partial charge in [0.2, 0.25) is 0 Å². The molecule has 112 valence electrons. The third kappa shape index (κ3) is 4.35. The number of piperazine rings is 1. The standard InChI is InChI=1S/C15H23FN2O2/c1-12(2)19-9-10-20-15-4-3-13(16)11-14(15)18-7-5-17-6-8-18/h3-4,11-12,17H,5-10H2,1-2H3. The molecule has 0 radical (unpaired) electrons. The Morgan fingerprint density at radius 1 is 1.25 bits per heavy atom. The summed E-state index contributed by atoms with van der Waals surface area (Å²) in [6, 6.07) is 4.68. The summed E-state index contributed by atoms with van der Waals surface area (Å²) in [6.45, 7) is 8.54. The van der Waals surface area contributed by atoms with Crippen LogP contribution in [0.5, 0.6) is 5.75 Å². The summed E-state index contributed by atoms with van der Waals surface area (Å²) in [5, 5.41) is 3.29. The Balaban J connectivity index is 1.99. The zero-order valence-corrected chi connectivity index (χ0v) is 12.2. The first-order valence-electron chi connectivity index (χ1n) is 7.16. The maximum atomic E-state index is 13.5. The predicted molar refractivity (Wildman–Crippen MR) is 78.1 cm³/mol. The maximum absolute atomic E-state index is 13.5. The Hall–Kier alpha value is -1.33. The second-order valence-electron chi connectivity index (χ2n) is 5.12. The number of hydrogen-bond donors (Lipinski definition) is 1. The van der Waals surface area contributed by atoms with Crippen molar-refractivity contribution in [2.75, 3.05) is 44.3 Å². The fourth-order valence-electron chi connectivity index (χ4n) is 2.20. The fraction of sp³-hybridized carbons (Fsp3) is 0.600. The van der Waals surface area contributed by atoms with Crippen molar-refractivity contribution < 1.29 is 13.9 Å². The van der Waals surface area contributed by atoms with E-state index in [4.69, 9.17) is 9.47 Å². The number of halogens is 1. The van der Waals surface area contributed by atoms with Crippen molar-refractivity contribution in [3.05, 3.63) is 24.0 Å². The number of anilines is 1. The van der Waals surface area contributed by atoms with E-state index in [2.05, 4.69) is 10.2 Å². The molecule has 1 fully saturated rings. The van der Waals surface area contributed by atoms with Crippen molar-refractivity contribution in [1.82, 2.24) is 5.32 Å². The number of hydrogen-bond acceptors (Lipinski definition) is 4. The quantitative estimate of drug-likeness (QED) is 0.810. The Morgan fingerprint density at radius 2 is 2.00 bits per heavy atom. The first kappa shape index (κ1) is 15.1. The van der Waals surface area contributed by atoms with Crippen LogP contribution in [0, 0.1) is 5.82 Å². The zero-order chi connectivity index (χ0) is 14.4. The Bertz CT molecular complexity index is 420. The molecule has 1 saturated heterocycles. The molecule has 0 atom stereocenters. The van der Waals surface area contributed by atoms with Crippen molar-refractivity contribution in [2.45, 2.75) is 20.0 Å². The first-order chi connectivity index (χ1) is 9.66. The summed E-state index contributed by atoms with van der Waals surface area (Å²) >= 11 is 0. The van der Waals surface area contributed by atoms with E-state index < -0.39 is 0 Å². The molecule has 1 heterocycles. The zero-order valence-electron chi connectivity index (χ0n) is 12.2. The minimum atomic E-state index is -0.232. The SMILES string of the molecule is CC(C)OCCOc1ccc(F)cc1N1CCNCC1. The van der Waals surface area contributed by atoms with E-state index in [-0.39, 0.29) is 11.9 Å². The average molecular weight is 282 g/mol. The predicted octanol–water partition coefficient (Wildman–Crippen LogP) is 2.04. The second kappa shape index (κ2) is 7.45. The Kier molecular flexibility index (Phi) is 5.61. The van der Waals surface area contributed by atoms with Gasteiger partial charge in [-0.25, -0.2) is 4.39 Å². The molecular weight excluding hydrogens is 259 g/mol. The normalized spacial score (nSPS) is 15.7. The summed E-state index contributed by atoms with van der Waals surface area (Å²) in [7, 11) is 0. The third-order valence-corrected chi connectivity index (χ3v) is 3.17. The van der Waals surface area contributed by atoms with E-state index in [1.165, 1.54) is 6.07 Å². The van der Waals surface area contributed by atoms with Gasteiger partial charge in [0.05, 0.1) is 18.4 Å². The van der Waals surface area contributed by atoms with Crippen molar-refractivity contribution >= 4 is 5.69 Å². The molecule has 0 aromatic heterocycles. The lowest BCUT2D eigenvalue weighted by atomic mass is 10.2. The van der Waals surface area contributed by atoms with Crippen LogP contribution in [0.15, 0.2) is 18.2 Å². The molecule has 0 amide bonds. The van der Waals surface area contributed by atoms with Gasteiger partial charge in [0.1, 0.15) is 18.2 Å². The van der Waals surface area contributed by atoms with Crippen molar-refractivity contribution in [3.8, 4) is 5.75 Å². The van der Waals surface area contributed by atoms with E-state index in [1.54, 1.807) is 12.1 Å². The van der Waals surface area contributed by atoms with Gasteiger partial charge in [0.15, 0.2) is 0 Å². The molecule has 2 rings (SSSR count). The van der Waals surface area contributed by atoms with E-state index in [1.807, 2.05) is 13.8 Å². The Labute approximate surface area is 119 Å². The van der Waals surface area contributed by atoms with Gasteiger partial charge in [-0.15, -0.1) is 0 Å². The highest BCUT2D eigenvalue weighted by atomic mass is 19.1. The van der Waals surface area contributed by atoms with Crippen molar-refractivity contribution in [3.63, 3.8) is 0 Å². The molecule has 1 aliphatic heterocycles. The van der Waals surface area contributed by atoms with E-state index in [9.17, 15) is 4.39 Å². The highest BCUT2D eigenvalue weighted by molar-refractivity contribution is 5.59. The molecule has 0 bridgehead atoms. The lowest BCUT2D eigenvalue weighted by molar-refractivity contribution is 0.0553. The molecule has 5 heteroatoms. The summed E-state index contributed by atoms with van der Waals surface area (Å²) in [4.78, 5) is 2.15. The lowest BCUT2D eigenvalue weighted by Gasteiger charge is -2.30. The second-order valence-corrected chi connectivity index (χ2v) is 5.12. The van der Waals surface area contributed by atoms with Crippen LogP contribution in [0.4, 0.5) is 10.1 Å². The number of benzene rings is 1. The molecule has 1 N–H and O–H groups in total. The summed E-state index contributed by atoms with van der Waals surface area (Å²) in [5.41, 5.74) is 0.830. The van der Waals surface area contributed by atoms with Gasteiger partial charge in [-0.1, -0.05) is 0 Å². The van der Waals surface area contributed by atoms with Crippen LogP contribution in [0.2, 0.25) is 0 Å². The average Bonchev–Trinajstić information content (AvgIpc) is 2.45. The van der Waals surface area contributed by atoms with Crippen LogP contribution in [0.1, 0.15) is 13.8 Å². The van der Waals surface area contributed by atoms with Crippen LogP contribution in [0.3, 0.4) is 0 Å². The van der Waals surface area contributed by atoms with Crippen LogP contribution < -0.4 is 15.0 Å². The molecule has 0 spiro atoms. The van der Waals surface area contributed by atoms with Crippen LogP contribution in [0.25, 0.3) is 0 Å². The van der Waals surface area contributed by atoms with Crippen molar-refractivity contribution in [1.29, 1.82) is 0 Å². The molecular formula is C15H23FN2O2. The van der Waals surface area contributed by atoms with Gasteiger partial charge in [-0.2, -0.15) is 0 Å². The molecule has 1 aromatic carbocycles. The van der Waals surface area contributed by atoms with E-state index >= 15 is 0 Å². The Morgan fingerprint density at radius 3 is 2.70 bits per heavy atom. The van der Waals surface area contributed by atoms with Gasteiger partial charge in [-0.05, 0) is 26.0 Å². The maximum Gasteiger partial charge on any atom is 0.142 e. The largest absolute Gasteiger partial charge is 0.489 e. The topological polar surface area (TPSA) is 33.7 Å². The molecule has 0 aliphatic carbocycles. The van der Waals surface area contributed by atoms with E-state index in [0.717, 1.165) is 37.6 Å². The van der Waals surface area contributed by atoms with Gasteiger partial charge in [-0.3, -0.25) is 0 Å². The number of nitrogens with zero attached hydrogens (tertiary/aromatic N) is 1. The van der Waals surface area contributed by atoms with Gasteiger partial charge < -0.3 is 19.7 Å². The van der Waals surface area contributed by atoms with Crippen molar-refractivity contribution in [2.24, 2.45) is 0 Å². The van der Waals surface area contributed by atoms with E-state index in [0.29, 0.717) is 13.2 Å². The van der Waals surface area contributed by atoms with Crippen LogP contribution in [-0.4, -0.2) is 45.5 Å². The van der Waals surface area contributed by atoms with Gasteiger partial charge in [0, 0.05) is 32.2 Å². The molecule has 20 heavy (non-hydrogen) atoms. The molecule has 0 saturated carbocycles. The molecule has 1 aliphatic rings. The molecule has 1 aromatic rings. The third-order valence-electron chi connectivity index (χ3n) is 3.17. The fourth-order valence-corrected chi connectivity index (χ4v) is 2.20. The summed E-state index contributed by atoms with van der Waals surface area (Å²) in [5.74, 6) is 0.491. The minimum absolute atomic E-state index is 0.194. The number of ether oxygens (including phenoxy) is 2. The smallest absolute Gasteiger partial charge is 0.142 e. The molecule has 0 unspecified atom stereocenters. The van der Waals surface area contributed by atoms with Crippen LogP contribution in [-0.2, 0) is 4.74 Å². The highest BCUT2D eigenvalue weighted by Gasteiger charge is 2.16. The number of rotatable bonds is 6. The van der Waals surface area contributed by atoms with Gasteiger partial charge in [0.25, 0.3) is 0 Å². The lowest BCUT2D eigenvalue weighted by Crippen LogP contribution is -2.43. The number of nitrogens with one attached hydrogen (secondary N) is 1. The summed E-state index contributed by atoms with van der Waals surface area (Å²) < 4.78 is 24.7.